The van der Waals surface area contributed by atoms with Gasteiger partial charge in [0.2, 0.25) is 0 Å². The van der Waals surface area contributed by atoms with E-state index in [9.17, 15) is 18.0 Å². The first-order chi connectivity index (χ1) is 12.9. The monoisotopic (exact) mass is 390 g/mol. The van der Waals surface area contributed by atoms with Crippen LogP contribution in [0.15, 0.2) is 48.5 Å². The first kappa shape index (κ1) is 18.0. The Kier molecular flexibility index (Phi) is 4.63. The van der Waals surface area contributed by atoms with Crippen molar-refractivity contribution in [3.63, 3.8) is 0 Å². The molecule has 140 valence electrons. The number of para-hydroxylation sites is 1. The summed E-state index contributed by atoms with van der Waals surface area (Å²) in [5.74, 6) is -0.0585. The Hall–Kier alpha value is -2.41. The van der Waals surface area contributed by atoms with Crippen molar-refractivity contribution >= 4 is 27.5 Å². The smallest absolute Gasteiger partial charge is 0.339 e. The zero-order valence-corrected chi connectivity index (χ0v) is 15.2. The maximum atomic E-state index is 12.9. The van der Waals surface area contributed by atoms with Crippen LogP contribution in [0.4, 0.5) is 13.2 Å². The molecule has 0 bridgehead atoms. The lowest BCUT2D eigenvalue weighted by atomic mass is 9.97. The third kappa shape index (κ3) is 3.69. The molecule has 1 aromatic heterocycles. The first-order valence-electron chi connectivity index (χ1n) is 8.74. The van der Waals surface area contributed by atoms with Crippen molar-refractivity contribution in [2.45, 2.75) is 24.9 Å². The third-order valence-electron chi connectivity index (χ3n) is 4.88. The molecule has 2 aromatic carbocycles. The van der Waals surface area contributed by atoms with Crippen molar-refractivity contribution in [1.82, 2.24) is 9.88 Å². The molecular formula is C20H17F3N2OS. The number of carbonyl (C=O) groups excluding carboxylic acids is 1. The Balaban J connectivity index is 1.45. The number of fused-ring (bicyclic) bond motifs is 1. The van der Waals surface area contributed by atoms with E-state index in [1.807, 2.05) is 24.3 Å². The number of benzene rings is 2. The average molecular weight is 390 g/mol. The Labute approximate surface area is 158 Å². The number of hydrogen-bond donors (Lipinski definition) is 0. The number of amides is 1. The number of hydrogen-bond acceptors (Lipinski definition) is 3. The van der Waals surface area contributed by atoms with E-state index in [2.05, 4.69) is 0 Å². The summed E-state index contributed by atoms with van der Waals surface area (Å²) in [6.45, 7) is 1.05. The standard InChI is InChI=1S/C20H17F3N2OS/c21-20(22,23)15-5-3-4-14(12-15)19(26)25-10-8-13(9-11-25)18-24-16-6-1-2-7-17(16)27-18/h1-7,12-13H,8-11H2. The summed E-state index contributed by atoms with van der Waals surface area (Å²) >= 11 is 1.67. The molecule has 0 spiro atoms. The molecule has 3 aromatic rings. The summed E-state index contributed by atoms with van der Waals surface area (Å²) in [6.07, 6.45) is -2.91. The van der Waals surface area contributed by atoms with Crippen molar-refractivity contribution in [2.24, 2.45) is 0 Å². The normalized spacial score (nSPS) is 16.0. The van der Waals surface area contributed by atoms with Gasteiger partial charge in [0.15, 0.2) is 0 Å². The Morgan fingerprint density at radius 3 is 2.52 bits per heavy atom. The highest BCUT2D eigenvalue weighted by Gasteiger charge is 2.32. The summed E-state index contributed by atoms with van der Waals surface area (Å²) < 4.78 is 39.8. The van der Waals surface area contributed by atoms with Crippen molar-refractivity contribution in [3.05, 3.63) is 64.7 Å². The van der Waals surface area contributed by atoms with Gasteiger partial charge in [-0.3, -0.25) is 4.79 Å². The largest absolute Gasteiger partial charge is 0.416 e. The minimum atomic E-state index is -4.45. The topological polar surface area (TPSA) is 33.2 Å². The lowest BCUT2D eigenvalue weighted by Gasteiger charge is -2.31. The van der Waals surface area contributed by atoms with E-state index >= 15 is 0 Å². The van der Waals surface area contributed by atoms with Crippen molar-refractivity contribution in [1.29, 1.82) is 0 Å². The highest BCUT2D eigenvalue weighted by Crippen LogP contribution is 2.34. The fraction of sp³-hybridized carbons (Fsp3) is 0.300. The van der Waals surface area contributed by atoms with Gasteiger partial charge in [0.1, 0.15) is 0 Å². The van der Waals surface area contributed by atoms with Gasteiger partial charge in [-0.2, -0.15) is 13.2 Å². The number of thiazole rings is 1. The third-order valence-corrected chi connectivity index (χ3v) is 6.08. The fourth-order valence-corrected chi connectivity index (χ4v) is 4.54. The molecule has 2 heterocycles. The number of halogens is 3. The van der Waals surface area contributed by atoms with Gasteiger partial charge < -0.3 is 4.90 Å². The van der Waals surface area contributed by atoms with E-state index in [4.69, 9.17) is 4.98 Å². The molecule has 0 atom stereocenters. The van der Waals surface area contributed by atoms with Crippen LogP contribution in [0.2, 0.25) is 0 Å². The maximum absolute atomic E-state index is 12.9. The molecule has 1 aliphatic heterocycles. The van der Waals surface area contributed by atoms with Gasteiger partial charge in [0.05, 0.1) is 20.8 Å². The molecule has 1 aliphatic rings. The number of alkyl halides is 3. The Morgan fingerprint density at radius 1 is 1.07 bits per heavy atom. The molecule has 4 rings (SSSR count). The molecule has 7 heteroatoms. The summed E-state index contributed by atoms with van der Waals surface area (Å²) in [7, 11) is 0. The van der Waals surface area contributed by atoms with Gasteiger partial charge >= 0.3 is 6.18 Å². The zero-order chi connectivity index (χ0) is 19.0. The van der Waals surface area contributed by atoms with E-state index in [1.165, 1.54) is 12.1 Å². The van der Waals surface area contributed by atoms with Crippen LogP contribution in [0, 0.1) is 0 Å². The summed E-state index contributed by atoms with van der Waals surface area (Å²) in [4.78, 5) is 18.9. The number of carbonyl (C=O) groups is 1. The van der Waals surface area contributed by atoms with Crippen LogP contribution in [-0.4, -0.2) is 28.9 Å². The Morgan fingerprint density at radius 2 is 1.81 bits per heavy atom. The zero-order valence-electron chi connectivity index (χ0n) is 14.4. The summed E-state index contributed by atoms with van der Waals surface area (Å²) in [5, 5.41) is 1.07. The second-order valence-corrected chi connectivity index (χ2v) is 7.73. The van der Waals surface area contributed by atoms with E-state index in [0.29, 0.717) is 13.1 Å². The molecule has 0 radical (unpaired) electrons. The molecule has 0 N–H and O–H groups in total. The van der Waals surface area contributed by atoms with Crippen LogP contribution in [-0.2, 0) is 6.18 Å². The Bertz CT molecular complexity index is 942. The predicted octanol–water partition coefficient (Wildman–Crippen LogP) is 5.33. The highest BCUT2D eigenvalue weighted by molar-refractivity contribution is 7.18. The SMILES string of the molecule is O=C(c1cccc(C(F)(F)F)c1)N1CCC(c2nc3ccccc3s2)CC1. The van der Waals surface area contributed by atoms with Gasteiger partial charge in [-0.15, -0.1) is 11.3 Å². The second kappa shape index (κ2) is 6.96. The molecule has 3 nitrogen and oxygen atoms in total. The van der Waals surface area contributed by atoms with Crippen LogP contribution in [0.5, 0.6) is 0 Å². The lowest BCUT2D eigenvalue weighted by Crippen LogP contribution is -2.38. The quantitative estimate of drug-likeness (QED) is 0.592. The first-order valence-corrected chi connectivity index (χ1v) is 9.55. The molecule has 1 fully saturated rings. The van der Waals surface area contributed by atoms with Gasteiger partial charge in [-0.1, -0.05) is 18.2 Å². The lowest BCUT2D eigenvalue weighted by molar-refractivity contribution is -0.137. The average Bonchev–Trinajstić information content (AvgIpc) is 3.11. The van der Waals surface area contributed by atoms with Gasteiger partial charge in [-0.05, 0) is 43.2 Å². The molecule has 0 saturated carbocycles. The molecule has 0 aliphatic carbocycles. The molecular weight excluding hydrogens is 373 g/mol. The highest BCUT2D eigenvalue weighted by atomic mass is 32.1. The van der Waals surface area contributed by atoms with Crippen molar-refractivity contribution in [2.75, 3.05) is 13.1 Å². The molecule has 1 amide bonds. The van der Waals surface area contributed by atoms with Crippen LogP contribution in [0.1, 0.15) is 39.7 Å². The predicted molar refractivity (Wildman–Crippen MR) is 98.9 cm³/mol. The number of nitrogens with zero attached hydrogens (tertiary/aromatic N) is 2. The van der Waals surface area contributed by atoms with Crippen molar-refractivity contribution < 1.29 is 18.0 Å². The summed E-state index contributed by atoms with van der Waals surface area (Å²) in [6, 6.07) is 12.6. The molecule has 27 heavy (non-hydrogen) atoms. The second-order valence-electron chi connectivity index (χ2n) is 6.66. The number of aromatic nitrogens is 1. The number of likely N-dealkylation sites (tertiary alicyclic amines) is 1. The van der Waals surface area contributed by atoms with Crippen LogP contribution < -0.4 is 0 Å². The van der Waals surface area contributed by atoms with Gasteiger partial charge in [-0.25, -0.2) is 4.98 Å². The minimum absolute atomic E-state index is 0.0864. The summed E-state index contributed by atoms with van der Waals surface area (Å²) in [5.41, 5.74) is 0.279. The van der Waals surface area contributed by atoms with E-state index in [-0.39, 0.29) is 17.4 Å². The number of piperidine rings is 1. The van der Waals surface area contributed by atoms with Crippen molar-refractivity contribution in [3.8, 4) is 0 Å². The maximum Gasteiger partial charge on any atom is 0.416 e. The molecule has 1 saturated heterocycles. The van der Waals surface area contributed by atoms with E-state index < -0.39 is 11.7 Å². The van der Waals surface area contributed by atoms with Gasteiger partial charge in [0, 0.05) is 24.6 Å². The van der Waals surface area contributed by atoms with Gasteiger partial charge in [0.25, 0.3) is 5.91 Å². The van der Waals surface area contributed by atoms with Crippen LogP contribution in [0.25, 0.3) is 10.2 Å². The van der Waals surface area contributed by atoms with Crippen LogP contribution in [0.3, 0.4) is 0 Å². The molecule has 0 unspecified atom stereocenters. The van der Waals surface area contributed by atoms with E-state index in [1.54, 1.807) is 16.2 Å². The van der Waals surface area contributed by atoms with E-state index in [0.717, 1.165) is 40.2 Å². The fourth-order valence-electron chi connectivity index (χ4n) is 3.41. The number of rotatable bonds is 2. The minimum Gasteiger partial charge on any atom is -0.339 e. The van der Waals surface area contributed by atoms with Crippen LogP contribution >= 0.6 is 11.3 Å².